The molecule has 1 amide bonds. The number of likely N-dealkylation sites (tertiary alicyclic amines) is 1. The SMILES string of the molecule is O=C(CCC(=O)N1CCC(c2nccs2)CC1)c1ccc(Cl)cc1. The first-order valence-corrected chi connectivity index (χ1v) is 9.35. The largest absolute Gasteiger partial charge is 0.343 e. The van der Waals surface area contributed by atoms with Crippen molar-refractivity contribution in [2.24, 2.45) is 0 Å². The molecule has 126 valence electrons. The van der Waals surface area contributed by atoms with Gasteiger partial charge in [-0.25, -0.2) is 4.98 Å². The summed E-state index contributed by atoms with van der Waals surface area (Å²) in [5.41, 5.74) is 0.606. The summed E-state index contributed by atoms with van der Waals surface area (Å²) < 4.78 is 0. The van der Waals surface area contributed by atoms with Crippen LogP contribution in [0, 0.1) is 0 Å². The van der Waals surface area contributed by atoms with Crippen LogP contribution < -0.4 is 0 Å². The number of amides is 1. The number of benzene rings is 1. The molecular formula is C18H19ClN2O2S. The summed E-state index contributed by atoms with van der Waals surface area (Å²) >= 11 is 7.50. The van der Waals surface area contributed by atoms with Gasteiger partial charge < -0.3 is 4.90 Å². The number of halogens is 1. The summed E-state index contributed by atoms with van der Waals surface area (Å²) in [5.74, 6) is 0.511. The number of aromatic nitrogens is 1. The Morgan fingerprint density at radius 2 is 1.88 bits per heavy atom. The number of ketones is 1. The van der Waals surface area contributed by atoms with Crippen molar-refractivity contribution in [2.45, 2.75) is 31.6 Å². The molecule has 1 aromatic carbocycles. The van der Waals surface area contributed by atoms with Gasteiger partial charge in [0.25, 0.3) is 0 Å². The predicted molar refractivity (Wildman–Crippen MR) is 95.7 cm³/mol. The Kier molecular flexibility index (Phi) is 5.63. The van der Waals surface area contributed by atoms with Crippen LogP contribution in [0.25, 0.3) is 0 Å². The summed E-state index contributed by atoms with van der Waals surface area (Å²) in [6, 6.07) is 6.79. The summed E-state index contributed by atoms with van der Waals surface area (Å²) in [6.07, 6.45) is 4.24. The molecule has 0 radical (unpaired) electrons. The first-order chi connectivity index (χ1) is 11.6. The van der Waals surface area contributed by atoms with Gasteiger partial charge >= 0.3 is 0 Å². The van der Waals surface area contributed by atoms with Gasteiger partial charge in [-0.3, -0.25) is 9.59 Å². The highest BCUT2D eigenvalue weighted by Crippen LogP contribution is 2.29. The smallest absolute Gasteiger partial charge is 0.223 e. The molecule has 24 heavy (non-hydrogen) atoms. The lowest BCUT2D eigenvalue weighted by Crippen LogP contribution is -2.38. The van der Waals surface area contributed by atoms with Crippen LogP contribution in [0.2, 0.25) is 5.02 Å². The zero-order valence-electron chi connectivity index (χ0n) is 13.3. The Bertz CT molecular complexity index is 692. The fourth-order valence-corrected chi connectivity index (χ4v) is 3.91. The molecule has 6 heteroatoms. The second-order valence-electron chi connectivity index (χ2n) is 5.96. The molecule has 0 unspecified atom stereocenters. The highest BCUT2D eigenvalue weighted by atomic mass is 35.5. The molecule has 1 aliphatic rings. The zero-order chi connectivity index (χ0) is 16.9. The second kappa shape index (κ2) is 7.90. The number of Topliss-reactive ketones (excluding diaryl/α,β-unsaturated/α-hetero) is 1. The maximum atomic E-state index is 12.3. The van der Waals surface area contributed by atoms with Crippen molar-refractivity contribution in [3.8, 4) is 0 Å². The van der Waals surface area contributed by atoms with E-state index in [1.807, 2.05) is 16.5 Å². The fraction of sp³-hybridized carbons (Fsp3) is 0.389. The molecule has 0 saturated carbocycles. The minimum absolute atomic E-state index is 0.0160. The Labute approximate surface area is 150 Å². The molecule has 3 rings (SSSR count). The van der Waals surface area contributed by atoms with Gasteiger partial charge in [0.15, 0.2) is 5.78 Å². The monoisotopic (exact) mass is 362 g/mol. The number of hydrogen-bond acceptors (Lipinski definition) is 4. The van der Waals surface area contributed by atoms with Gasteiger partial charge in [-0.15, -0.1) is 11.3 Å². The number of piperidine rings is 1. The number of nitrogens with zero attached hydrogens (tertiary/aromatic N) is 2. The number of thiazole rings is 1. The lowest BCUT2D eigenvalue weighted by molar-refractivity contribution is -0.132. The number of carbonyl (C=O) groups is 2. The molecule has 4 nitrogen and oxygen atoms in total. The molecule has 1 fully saturated rings. The highest BCUT2D eigenvalue weighted by molar-refractivity contribution is 7.09. The van der Waals surface area contributed by atoms with Crippen LogP contribution in [0.3, 0.4) is 0 Å². The zero-order valence-corrected chi connectivity index (χ0v) is 14.9. The minimum Gasteiger partial charge on any atom is -0.343 e. The van der Waals surface area contributed by atoms with Gasteiger partial charge in [0.2, 0.25) is 5.91 Å². The van der Waals surface area contributed by atoms with Gasteiger partial charge in [-0.2, -0.15) is 0 Å². The maximum Gasteiger partial charge on any atom is 0.223 e. The topological polar surface area (TPSA) is 50.3 Å². The Balaban J connectivity index is 1.46. The first-order valence-electron chi connectivity index (χ1n) is 8.09. The lowest BCUT2D eigenvalue weighted by Gasteiger charge is -2.31. The Morgan fingerprint density at radius 1 is 1.17 bits per heavy atom. The molecule has 2 heterocycles. The van der Waals surface area contributed by atoms with Crippen LogP contribution in [-0.4, -0.2) is 34.7 Å². The van der Waals surface area contributed by atoms with Gasteiger partial charge in [0.1, 0.15) is 0 Å². The van der Waals surface area contributed by atoms with E-state index in [0.717, 1.165) is 25.9 Å². The second-order valence-corrected chi connectivity index (χ2v) is 7.32. The van der Waals surface area contributed by atoms with E-state index in [-0.39, 0.29) is 24.5 Å². The van der Waals surface area contributed by atoms with E-state index in [1.54, 1.807) is 35.6 Å². The van der Waals surface area contributed by atoms with Crippen LogP contribution in [0.15, 0.2) is 35.8 Å². The van der Waals surface area contributed by atoms with E-state index in [9.17, 15) is 9.59 Å². The van der Waals surface area contributed by atoms with Crippen molar-refractivity contribution in [2.75, 3.05) is 13.1 Å². The van der Waals surface area contributed by atoms with Crippen molar-refractivity contribution in [1.82, 2.24) is 9.88 Å². The minimum atomic E-state index is -0.0160. The summed E-state index contributed by atoms with van der Waals surface area (Å²) in [5, 5.41) is 3.76. The third kappa shape index (κ3) is 4.22. The summed E-state index contributed by atoms with van der Waals surface area (Å²) in [7, 11) is 0. The van der Waals surface area contributed by atoms with Crippen molar-refractivity contribution in [3.63, 3.8) is 0 Å². The molecule has 0 aliphatic carbocycles. The average Bonchev–Trinajstić information content (AvgIpc) is 3.15. The molecule has 1 aromatic heterocycles. The van der Waals surface area contributed by atoms with E-state index in [0.29, 0.717) is 16.5 Å². The first kappa shape index (κ1) is 17.1. The van der Waals surface area contributed by atoms with E-state index in [2.05, 4.69) is 4.98 Å². The van der Waals surface area contributed by atoms with Crippen molar-refractivity contribution in [1.29, 1.82) is 0 Å². The van der Waals surface area contributed by atoms with Crippen LogP contribution >= 0.6 is 22.9 Å². The number of rotatable bonds is 5. The van der Waals surface area contributed by atoms with Crippen LogP contribution in [-0.2, 0) is 4.79 Å². The van der Waals surface area contributed by atoms with Gasteiger partial charge in [-0.1, -0.05) is 11.6 Å². The molecule has 0 atom stereocenters. The molecule has 0 spiro atoms. The average molecular weight is 363 g/mol. The van der Waals surface area contributed by atoms with E-state index in [1.165, 1.54) is 5.01 Å². The molecule has 1 saturated heterocycles. The normalized spacial score (nSPS) is 15.5. The Hall–Kier alpha value is -1.72. The van der Waals surface area contributed by atoms with Gasteiger partial charge in [0.05, 0.1) is 5.01 Å². The quantitative estimate of drug-likeness (QED) is 0.750. The molecule has 0 bridgehead atoms. The van der Waals surface area contributed by atoms with Crippen LogP contribution in [0.1, 0.15) is 47.0 Å². The van der Waals surface area contributed by atoms with E-state index < -0.39 is 0 Å². The predicted octanol–water partition coefficient (Wildman–Crippen LogP) is 4.17. The lowest BCUT2D eigenvalue weighted by atomic mass is 9.97. The standard InChI is InChI=1S/C18H19ClN2O2S/c19-15-3-1-13(2-4-15)16(22)5-6-17(23)21-10-7-14(8-11-21)18-20-9-12-24-18/h1-4,9,12,14H,5-8,10-11H2. The van der Waals surface area contributed by atoms with Gasteiger partial charge in [0, 0.05) is 54.0 Å². The van der Waals surface area contributed by atoms with E-state index >= 15 is 0 Å². The van der Waals surface area contributed by atoms with Gasteiger partial charge in [-0.05, 0) is 37.1 Å². The van der Waals surface area contributed by atoms with Crippen molar-refractivity contribution < 1.29 is 9.59 Å². The van der Waals surface area contributed by atoms with Crippen LogP contribution in [0.5, 0.6) is 0 Å². The molecular weight excluding hydrogens is 344 g/mol. The third-order valence-corrected chi connectivity index (χ3v) is 5.57. The fourth-order valence-electron chi connectivity index (χ4n) is 2.97. The summed E-state index contributed by atoms with van der Waals surface area (Å²) in [6.45, 7) is 1.50. The number of hydrogen-bond donors (Lipinski definition) is 0. The van der Waals surface area contributed by atoms with Crippen molar-refractivity contribution >= 4 is 34.6 Å². The maximum absolute atomic E-state index is 12.3. The van der Waals surface area contributed by atoms with Crippen LogP contribution in [0.4, 0.5) is 0 Å². The summed E-state index contributed by atoms with van der Waals surface area (Å²) in [4.78, 5) is 30.7. The molecule has 0 N–H and O–H groups in total. The molecule has 2 aromatic rings. The van der Waals surface area contributed by atoms with E-state index in [4.69, 9.17) is 11.6 Å². The third-order valence-electron chi connectivity index (χ3n) is 4.38. The number of carbonyl (C=O) groups excluding carboxylic acids is 2. The van der Waals surface area contributed by atoms with Crippen molar-refractivity contribution in [3.05, 3.63) is 51.4 Å². The Morgan fingerprint density at radius 3 is 2.50 bits per heavy atom. The molecule has 1 aliphatic heterocycles. The highest BCUT2D eigenvalue weighted by Gasteiger charge is 2.25.